The first-order chi connectivity index (χ1) is 12.2. The molecule has 3 aliphatic rings. The van der Waals surface area contributed by atoms with Crippen LogP contribution in [0.4, 0.5) is 5.95 Å². The fraction of sp³-hybridized carbons (Fsp3) is 0.722. The van der Waals surface area contributed by atoms with Crippen molar-refractivity contribution in [1.82, 2.24) is 14.9 Å². The lowest BCUT2D eigenvalue weighted by Crippen LogP contribution is -2.46. The van der Waals surface area contributed by atoms with Gasteiger partial charge in [0.1, 0.15) is 0 Å². The summed E-state index contributed by atoms with van der Waals surface area (Å²) >= 11 is 0. The molecular formula is C18H26N4O3. The SMILES string of the molecule is Cc1cnc(N2CCC3(CC2)CC(C(=O)N2CCOCC2)CO3)nc1. The van der Waals surface area contributed by atoms with E-state index >= 15 is 0 Å². The van der Waals surface area contributed by atoms with Gasteiger partial charge in [0.25, 0.3) is 0 Å². The first kappa shape index (κ1) is 16.7. The van der Waals surface area contributed by atoms with Gasteiger partial charge in [-0.2, -0.15) is 0 Å². The number of carbonyl (C=O) groups is 1. The Hall–Kier alpha value is -1.73. The molecule has 1 aromatic heterocycles. The molecule has 1 aromatic rings. The van der Waals surface area contributed by atoms with E-state index in [-0.39, 0.29) is 17.4 Å². The Kier molecular flexibility index (Phi) is 4.60. The monoisotopic (exact) mass is 346 g/mol. The number of carbonyl (C=O) groups excluding carboxylic acids is 1. The normalized spacial score (nSPS) is 26.2. The van der Waals surface area contributed by atoms with Gasteiger partial charge in [-0.3, -0.25) is 4.79 Å². The largest absolute Gasteiger partial charge is 0.378 e. The molecule has 136 valence electrons. The van der Waals surface area contributed by atoms with Gasteiger partial charge in [-0.25, -0.2) is 9.97 Å². The van der Waals surface area contributed by atoms with E-state index in [0.29, 0.717) is 32.9 Å². The van der Waals surface area contributed by atoms with Crippen LogP contribution in [0.5, 0.6) is 0 Å². The van der Waals surface area contributed by atoms with Crippen molar-refractivity contribution in [3.63, 3.8) is 0 Å². The molecule has 3 saturated heterocycles. The first-order valence-corrected chi connectivity index (χ1v) is 9.19. The van der Waals surface area contributed by atoms with Crippen LogP contribution in [0.15, 0.2) is 12.4 Å². The van der Waals surface area contributed by atoms with E-state index in [9.17, 15) is 4.79 Å². The van der Waals surface area contributed by atoms with Crippen LogP contribution in [0, 0.1) is 12.8 Å². The predicted molar refractivity (Wildman–Crippen MR) is 92.4 cm³/mol. The van der Waals surface area contributed by atoms with E-state index in [1.807, 2.05) is 24.2 Å². The van der Waals surface area contributed by atoms with Gasteiger partial charge < -0.3 is 19.3 Å². The molecule has 0 bridgehead atoms. The van der Waals surface area contributed by atoms with Gasteiger partial charge in [-0.1, -0.05) is 0 Å². The lowest BCUT2D eigenvalue weighted by Gasteiger charge is -2.38. The highest BCUT2D eigenvalue weighted by molar-refractivity contribution is 5.79. The van der Waals surface area contributed by atoms with Gasteiger partial charge in [-0.05, 0) is 31.7 Å². The maximum atomic E-state index is 12.7. The number of anilines is 1. The third-order valence-corrected chi connectivity index (χ3v) is 5.61. The summed E-state index contributed by atoms with van der Waals surface area (Å²) < 4.78 is 11.5. The molecule has 1 spiro atoms. The predicted octanol–water partition coefficient (Wildman–Crippen LogP) is 1.02. The van der Waals surface area contributed by atoms with Crippen LogP contribution >= 0.6 is 0 Å². The van der Waals surface area contributed by atoms with Crippen molar-refractivity contribution in [2.24, 2.45) is 5.92 Å². The summed E-state index contributed by atoms with van der Waals surface area (Å²) in [6, 6.07) is 0. The molecule has 0 aromatic carbocycles. The van der Waals surface area contributed by atoms with Crippen molar-refractivity contribution >= 4 is 11.9 Å². The zero-order chi connectivity index (χ0) is 17.3. The average molecular weight is 346 g/mol. The number of amides is 1. The molecule has 3 fully saturated rings. The van der Waals surface area contributed by atoms with Crippen molar-refractivity contribution in [2.75, 3.05) is 50.9 Å². The zero-order valence-electron chi connectivity index (χ0n) is 14.8. The van der Waals surface area contributed by atoms with E-state index in [0.717, 1.165) is 43.9 Å². The van der Waals surface area contributed by atoms with Crippen LogP contribution in [0.3, 0.4) is 0 Å². The molecule has 3 aliphatic heterocycles. The summed E-state index contributed by atoms with van der Waals surface area (Å²) in [5.41, 5.74) is 0.925. The van der Waals surface area contributed by atoms with E-state index in [4.69, 9.17) is 9.47 Å². The number of hydrogen-bond donors (Lipinski definition) is 0. The van der Waals surface area contributed by atoms with Crippen LogP contribution in [0.25, 0.3) is 0 Å². The van der Waals surface area contributed by atoms with Crippen molar-refractivity contribution in [3.05, 3.63) is 18.0 Å². The Morgan fingerprint density at radius 3 is 2.52 bits per heavy atom. The van der Waals surface area contributed by atoms with Crippen LogP contribution in [0.1, 0.15) is 24.8 Å². The first-order valence-electron chi connectivity index (χ1n) is 9.19. The van der Waals surface area contributed by atoms with Gasteiger partial charge in [0.05, 0.1) is 31.3 Å². The molecule has 0 radical (unpaired) electrons. The third-order valence-electron chi connectivity index (χ3n) is 5.61. The summed E-state index contributed by atoms with van der Waals surface area (Å²) in [7, 11) is 0. The second-order valence-electron chi connectivity index (χ2n) is 7.38. The number of morpholine rings is 1. The van der Waals surface area contributed by atoms with Gasteiger partial charge in [0.15, 0.2) is 0 Å². The Labute approximate surface area is 148 Å². The molecule has 0 saturated carbocycles. The van der Waals surface area contributed by atoms with E-state index in [1.165, 1.54) is 0 Å². The number of nitrogens with zero attached hydrogens (tertiary/aromatic N) is 4. The van der Waals surface area contributed by atoms with Crippen molar-refractivity contribution in [2.45, 2.75) is 31.8 Å². The highest BCUT2D eigenvalue weighted by Crippen LogP contribution is 2.39. The summed E-state index contributed by atoms with van der Waals surface area (Å²) in [6.45, 7) is 7.01. The minimum Gasteiger partial charge on any atom is -0.378 e. The summed E-state index contributed by atoms with van der Waals surface area (Å²) in [5, 5.41) is 0. The molecular weight excluding hydrogens is 320 g/mol. The van der Waals surface area contributed by atoms with E-state index in [2.05, 4.69) is 14.9 Å². The van der Waals surface area contributed by atoms with Crippen molar-refractivity contribution < 1.29 is 14.3 Å². The minimum absolute atomic E-state index is 0.000255. The maximum absolute atomic E-state index is 12.7. The standard InChI is InChI=1S/C18H26N4O3/c1-14-11-19-17(20-12-14)22-4-2-18(3-5-22)10-15(13-25-18)16(23)21-6-8-24-9-7-21/h11-12,15H,2-10,13H2,1H3. The minimum atomic E-state index is -0.145. The Bertz CT molecular complexity index is 607. The molecule has 1 amide bonds. The fourth-order valence-corrected chi connectivity index (χ4v) is 4.06. The zero-order valence-corrected chi connectivity index (χ0v) is 14.8. The van der Waals surface area contributed by atoms with Gasteiger partial charge in [0.2, 0.25) is 11.9 Å². The average Bonchev–Trinajstić information content (AvgIpc) is 3.07. The Morgan fingerprint density at radius 1 is 1.16 bits per heavy atom. The molecule has 4 rings (SSSR count). The molecule has 0 N–H and O–H groups in total. The summed E-state index contributed by atoms with van der Waals surface area (Å²) in [5.74, 6) is 1.03. The number of hydrogen-bond acceptors (Lipinski definition) is 6. The van der Waals surface area contributed by atoms with E-state index < -0.39 is 0 Å². The van der Waals surface area contributed by atoms with Crippen LogP contribution in [0.2, 0.25) is 0 Å². The summed E-state index contributed by atoms with van der Waals surface area (Å²) in [6.07, 6.45) is 6.41. The number of aryl methyl sites for hydroxylation is 1. The quantitative estimate of drug-likeness (QED) is 0.796. The highest BCUT2D eigenvalue weighted by Gasteiger charge is 2.46. The molecule has 0 aliphatic carbocycles. The van der Waals surface area contributed by atoms with E-state index in [1.54, 1.807) is 0 Å². The number of piperidine rings is 1. The molecule has 1 atom stereocenters. The number of rotatable bonds is 2. The van der Waals surface area contributed by atoms with Gasteiger partial charge in [0, 0.05) is 38.6 Å². The Morgan fingerprint density at radius 2 is 1.84 bits per heavy atom. The smallest absolute Gasteiger partial charge is 0.228 e. The van der Waals surface area contributed by atoms with Gasteiger partial charge in [-0.15, -0.1) is 0 Å². The lowest BCUT2D eigenvalue weighted by atomic mass is 9.85. The van der Waals surface area contributed by atoms with Crippen LogP contribution in [-0.2, 0) is 14.3 Å². The number of ether oxygens (including phenoxy) is 2. The van der Waals surface area contributed by atoms with Crippen molar-refractivity contribution in [3.8, 4) is 0 Å². The second kappa shape index (κ2) is 6.88. The molecule has 4 heterocycles. The maximum Gasteiger partial charge on any atom is 0.228 e. The molecule has 7 nitrogen and oxygen atoms in total. The number of aromatic nitrogens is 2. The second-order valence-corrected chi connectivity index (χ2v) is 7.38. The molecule has 7 heteroatoms. The van der Waals surface area contributed by atoms with Crippen LogP contribution < -0.4 is 4.90 Å². The fourth-order valence-electron chi connectivity index (χ4n) is 4.06. The van der Waals surface area contributed by atoms with Crippen LogP contribution in [-0.4, -0.2) is 72.4 Å². The lowest BCUT2D eigenvalue weighted by molar-refractivity contribution is -0.139. The Balaban J connectivity index is 1.34. The van der Waals surface area contributed by atoms with Crippen molar-refractivity contribution in [1.29, 1.82) is 0 Å². The molecule has 25 heavy (non-hydrogen) atoms. The highest BCUT2D eigenvalue weighted by atomic mass is 16.5. The molecule has 1 unspecified atom stereocenters. The summed E-state index contributed by atoms with van der Waals surface area (Å²) in [4.78, 5) is 25.7. The topological polar surface area (TPSA) is 67.8 Å². The van der Waals surface area contributed by atoms with Gasteiger partial charge >= 0.3 is 0 Å². The third kappa shape index (κ3) is 3.48.